The summed E-state index contributed by atoms with van der Waals surface area (Å²) in [4.78, 5) is 27.3. The molecule has 0 saturated heterocycles. The van der Waals surface area contributed by atoms with E-state index in [2.05, 4.69) is 10.3 Å². The molecule has 0 aromatic carbocycles. The standard InChI is InChI=1S/C14H17N3O3S/c1-21-7-5-11(14(19)20)16-13(18)8-10-9-17-6-3-2-4-12(17)15-10/h2-4,6,9,11H,5,7-8H2,1H3,(H,16,18)(H,19,20). The Kier molecular flexibility index (Phi) is 5.21. The van der Waals surface area contributed by atoms with Crippen LogP contribution in [0, 0.1) is 0 Å². The minimum absolute atomic E-state index is 0.0741. The minimum atomic E-state index is -1.01. The number of nitrogens with zero attached hydrogens (tertiary/aromatic N) is 2. The van der Waals surface area contributed by atoms with Crippen molar-refractivity contribution in [2.75, 3.05) is 12.0 Å². The molecule has 2 heterocycles. The van der Waals surface area contributed by atoms with E-state index in [0.717, 1.165) is 5.65 Å². The second-order valence-corrected chi connectivity index (χ2v) is 5.60. The van der Waals surface area contributed by atoms with Gasteiger partial charge in [0.25, 0.3) is 0 Å². The molecular formula is C14H17N3O3S. The SMILES string of the molecule is CSCCC(NC(=O)Cc1cn2ccccc2n1)C(=O)O. The number of rotatable bonds is 7. The number of hydrogen-bond acceptors (Lipinski definition) is 4. The number of carboxylic acids is 1. The van der Waals surface area contributed by atoms with Crippen LogP contribution in [-0.4, -0.2) is 44.4 Å². The summed E-state index contributed by atoms with van der Waals surface area (Å²) < 4.78 is 1.82. The van der Waals surface area contributed by atoms with Gasteiger partial charge >= 0.3 is 5.97 Å². The van der Waals surface area contributed by atoms with Crippen molar-refractivity contribution in [2.45, 2.75) is 18.9 Å². The Morgan fingerprint density at radius 2 is 2.29 bits per heavy atom. The topological polar surface area (TPSA) is 83.7 Å². The zero-order valence-corrected chi connectivity index (χ0v) is 12.5. The van der Waals surface area contributed by atoms with Crippen LogP contribution in [0.5, 0.6) is 0 Å². The van der Waals surface area contributed by atoms with E-state index >= 15 is 0 Å². The molecule has 0 bridgehead atoms. The maximum Gasteiger partial charge on any atom is 0.326 e. The van der Waals surface area contributed by atoms with Crippen LogP contribution in [0.4, 0.5) is 0 Å². The molecule has 2 aromatic rings. The van der Waals surface area contributed by atoms with Gasteiger partial charge in [0.2, 0.25) is 5.91 Å². The highest BCUT2D eigenvalue weighted by Gasteiger charge is 2.19. The number of amides is 1. The van der Waals surface area contributed by atoms with Gasteiger partial charge in [-0.2, -0.15) is 11.8 Å². The second kappa shape index (κ2) is 7.12. The van der Waals surface area contributed by atoms with Crippen LogP contribution in [0.1, 0.15) is 12.1 Å². The molecule has 2 N–H and O–H groups in total. The maximum atomic E-state index is 11.9. The van der Waals surface area contributed by atoms with Crippen LogP contribution in [0.3, 0.4) is 0 Å². The zero-order valence-electron chi connectivity index (χ0n) is 11.7. The van der Waals surface area contributed by atoms with Gasteiger partial charge in [-0.15, -0.1) is 0 Å². The lowest BCUT2D eigenvalue weighted by atomic mass is 10.2. The lowest BCUT2D eigenvalue weighted by Gasteiger charge is -2.13. The van der Waals surface area contributed by atoms with Gasteiger partial charge in [0.05, 0.1) is 12.1 Å². The number of imidazole rings is 1. The molecule has 2 rings (SSSR count). The highest BCUT2D eigenvalue weighted by molar-refractivity contribution is 7.98. The Morgan fingerprint density at radius 3 is 2.95 bits per heavy atom. The summed E-state index contributed by atoms with van der Waals surface area (Å²) in [5.74, 6) is -0.648. The third-order valence-corrected chi connectivity index (χ3v) is 3.64. The van der Waals surface area contributed by atoms with E-state index in [0.29, 0.717) is 17.9 Å². The molecule has 0 fully saturated rings. The first-order valence-electron chi connectivity index (χ1n) is 6.54. The van der Waals surface area contributed by atoms with Gasteiger partial charge in [0.1, 0.15) is 11.7 Å². The van der Waals surface area contributed by atoms with Crippen molar-refractivity contribution in [3.8, 4) is 0 Å². The molecule has 0 spiro atoms. The Morgan fingerprint density at radius 1 is 1.48 bits per heavy atom. The smallest absolute Gasteiger partial charge is 0.326 e. The number of hydrogen-bond donors (Lipinski definition) is 2. The molecule has 0 aliphatic rings. The molecule has 0 saturated carbocycles. The average Bonchev–Trinajstić information content (AvgIpc) is 2.85. The lowest BCUT2D eigenvalue weighted by Crippen LogP contribution is -2.41. The molecule has 0 radical (unpaired) electrons. The van der Waals surface area contributed by atoms with Gasteiger partial charge in [-0.05, 0) is 30.6 Å². The normalized spacial score (nSPS) is 12.2. The van der Waals surface area contributed by atoms with Gasteiger partial charge < -0.3 is 14.8 Å². The lowest BCUT2D eigenvalue weighted by molar-refractivity contribution is -0.141. The summed E-state index contributed by atoms with van der Waals surface area (Å²) in [5.41, 5.74) is 1.38. The van der Waals surface area contributed by atoms with Crippen LogP contribution in [-0.2, 0) is 16.0 Å². The molecule has 0 aliphatic carbocycles. The van der Waals surface area contributed by atoms with Gasteiger partial charge in [0, 0.05) is 12.4 Å². The number of pyridine rings is 1. The van der Waals surface area contributed by atoms with Gasteiger partial charge in [-0.3, -0.25) is 4.79 Å². The van der Waals surface area contributed by atoms with E-state index in [1.807, 2.05) is 35.1 Å². The number of aromatic nitrogens is 2. The van der Waals surface area contributed by atoms with E-state index in [1.165, 1.54) is 0 Å². The minimum Gasteiger partial charge on any atom is -0.480 e. The molecule has 2 aromatic heterocycles. The third-order valence-electron chi connectivity index (χ3n) is 3.00. The Bertz CT molecular complexity index is 608. The number of carbonyl (C=O) groups excluding carboxylic acids is 1. The molecule has 21 heavy (non-hydrogen) atoms. The predicted molar refractivity (Wildman–Crippen MR) is 81.5 cm³/mol. The molecular weight excluding hydrogens is 290 g/mol. The monoisotopic (exact) mass is 307 g/mol. The van der Waals surface area contributed by atoms with E-state index in [9.17, 15) is 9.59 Å². The number of aliphatic carboxylic acids is 1. The first kappa shape index (κ1) is 15.4. The molecule has 6 nitrogen and oxygen atoms in total. The van der Waals surface area contributed by atoms with E-state index in [1.54, 1.807) is 18.0 Å². The van der Waals surface area contributed by atoms with Crippen LogP contribution in [0.2, 0.25) is 0 Å². The summed E-state index contributed by atoms with van der Waals surface area (Å²) in [6, 6.07) is 4.75. The largest absolute Gasteiger partial charge is 0.480 e. The molecule has 7 heteroatoms. The van der Waals surface area contributed by atoms with Gasteiger partial charge in [-0.25, -0.2) is 9.78 Å². The summed E-state index contributed by atoms with van der Waals surface area (Å²) in [5, 5.41) is 11.6. The van der Waals surface area contributed by atoms with Crippen LogP contribution >= 0.6 is 11.8 Å². The van der Waals surface area contributed by atoms with Crippen molar-refractivity contribution < 1.29 is 14.7 Å². The first-order valence-corrected chi connectivity index (χ1v) is 7.93. The number of thioether (sulfide) groups is 1. The molecule has 0 aliphatic heterocycles. The van der Waals surface area contributed by atoms with E-state index in [-0.39, 0.29) is 12.3 Å². The summed E-state index contributed by atoms with van der Waals surface area (Å²) in [6.07, 6.45) is 6.00. The number of fused-ring (bicyclic) bond motifs is 1. The first-order chi connectivity index (χ1) is 10.1. The quantitative estimate of drug-likeness (QED) is 0.803. The van der Waals surface area contributed by atoms with Gasteiger partial charge in [-0.1, -0.05) is 6.07 Å². The van der Waals surface area contributed by atoms with Crippen LogP contribution in [0.15, 0.2) is 30.6 Å². The molecule has 1 atom stereocenters. The van der Waals surface area contributed by atoms with Crippen molar-refractivity contribution in [1.82, 2.24) is 14.7 Å². The summed E-state index contributed by atoms with van der Waals surface area (Å²) >= 11 is 1.55. The van der Waals surface area contributed by atoms with Crippen molar-refractivity contribution in [1.29, 1.82) is 0 Å². The van der Waals surface area contributed by atoms with E-state index < -0.39 is 12.0 Å². The van der Waals surface area contributed by atoms with Crippen molar-refractivity contribution in [2.24, 2.45) is 0 Å². The number of carbonyl (C=O) groups is 2. The van der Waals surface area contributed by atoms with Crippen molar-refractivity contribution in [3.63, 3.8) is 0 Å². The van der Waals surface area contributed by atoms with E-state index in [4.69, 9.17) is 5.11 Å². The second-order valence-electron chi connectivity index (χ2n) is 4.61. The number of nitrogens with one attached hydrogen (secondary N) is 1. The highest BCUT2D eigenvalue weighted by atomic mass is 32.2. The Labute approximate surface area is 126 Å². The fraction of sp³-hybridized carbons (Fsp3) is 0.357. The molecule has 112 valence electrons. The summed E-state index contributed by atoms with van der Waals surface area (Å²) in [7, 11) is 0. The third kappa shape index (κ3) is 4.22. The van der Waals surface area contributed by atoms with Crippen molar-refractivity contribution in [3.05, 3.63) is 36.3 Å². The summed E-state index contributed by atoms with van der Waals surface area (Å²) in [6.45, 7) is 0. The Hall–Kier alpha value is -2.02. The van der Waals surface area contributed by atoms with Gasteiger partial charge in [0.15, 0.2) is 0 Å². The maximum absolute atomic E-state index is 11.9. The molecule has 1 amide bonds. The molecule has 1 unspecified atom stereocenters. The average molecular weight is 307 g/mol. The highest BCUT2D eigenvalue weighted by Crippen LogP contribution is 2.06. The van der Waals surface area contributed by atoms with Crippen molar-refractivity contribution >= 4 is 29.3 Å². The fourth-order valence-corrected chi connectivity index (χ4v) is 2.45. The fourth-order valence-electron chi connectivity index (χ4n) is 1.98. The van der Waals surface area contributed by atoms with Crippen LogP contribution < -0.4 is 5.32 Å². The Balaban J connectivity index is 1.98. The van der Waals surface area contributed by atoms with Crippen LogP contribution in [0.25, 0.3) is 5.65 Å². The zero-order chi connectivity index (χ0) is 15.2. The predicted octanol–water partition coefficient (Wildman–Crippen LogP) is 1.20. The number of carboxylic acid groups (broad SMARTS) is 1.